The molecule has 0 saturated heterocycles. The Hall–Kier alpha value is -2.40. The summed E-state index contributed by atoms with van der Waals surface area (Å²) in [6.45, 7) is 2.69. The Balaban J connectivity index is 2.00. The Bertz CT molecular complexity index is 773. The Morgan fingerprint density at radius 2 is 2.10 bits per heavy atom. The summed E-state index contributed by atoms with van der Waals surface area (Å²) in [5.41, 5.74) is 0.854. The van der Waals surface area contributed by atoms with E-state index in [2.05, 4.69) is 20.3 Å². The van der Waals surface area contributed by atoms with E-state index in [4.69, 9.17) is 16.3 Å². The number of hydrogen-bond acceptors (Lipinski definition) is 5. The van der Waals surface area contributed by atoms with Crippen molar-refractivity contribution in [2.45, 2.75) is 6.92 Å². The van der Waals surface area contributed by atoms with Gasteiger partial charge < -0.3 is 10.1 Å². The van der Waals surface area contributed by atoms with Crippen LogP contribution in [-0.4, -0.2) is 21.5 Å². The number of halogens is 1. The maximum Gasteiger partial charge on any atom is 0.243 e. The largest absolute Gasteiger partial charge is 0.437 e. The molecule has 0 aliphatic carbocycles. The first-order chi connectivity index (χ1) is 10.3. The first-order valence-corrected chi connectivity index (χ1v) is 6.93. The van der Waals surface area contributed by atoms with Crippen molar-refractivity contribution < 1.29 is 4.74 Å². The molecular formula is C15H13ClN4O. The highest BCUT2D eigenvalue weighted by Crippen LogP contribution is 2.31. The van der Waals surface area contributed by atoms with Crippen LogP contribution in [0.2, 0.25) is 5.02 Å². The fourth-order valence-corrected chi connectivity index (χ4v) is 2.06. The number of anilines is 1. The highest BCUT2D eigenvalue weighted by atomic mass is 35.5. The van der Waals surface area contributed by atoms with Crippen LogP contribution in [0, 0.1) is 0 Å². The van der Waals surface area contributed by atoms with Gasteiger partial charge in [-0.25, -0.2) is 4.98 Å². The van der Waals surface area contributed by atoms with Crippen LogP contribution >= 0.6 is 11.6 Å². The van der Waals surface area contributed by atoms with Gasteiger partial charge in [-0.1, -0.05) is 17.7 Å². The highest BCUT2D eigenvalue weighted by molar-refractivity contribution is 6.31. The third-order valence-corrected chi connectivity index (χ3v) is 3.12. The summed E-state index contributed by atoms with van der Waals surface area (Å²) in [6, 6.07) is 9.47. The average Bonchev–Trinajstić information content (AvgIpc) is 2.51. The monoisotopic (exact) mass is 300 g/mol. The number of pyridine rings is 1. The summed E-state index contributed by atoms with van der Waals surface area (Å²) < 4.78 is 5.85. The number of ether oxygens (including phenoxy) is 1. The summed E-state index contributed by atoms with van der Waals surface area (Å²) in [5, 5.41) is 4.29. The van der Waals surface area contributed by atoms with Gasteiger partial charge in [-0.2, -0.15) is 4.98 Å². The quantitative estimate of drug-likeness (QED) is 0.792. The molecule has 0 radical (unpaired) electrons. The van der Waals surface area contributed by atoms with Gasteiger partial charge in [0.15, 0.2) is 0 Å². The molecule has 21 heavy (non-hydrogen) atoms. The molecule has 2 heterocycles. The molecule has 106 valence electrons. The molecule has 0 unspecified atom stereocenters. The fourth-order valence-electron chi connectivity index (χ4n) is 1.93. The van der Waals surface area contributed by atoms with Gasteiger partial charge in [-0.3, -0.25) is 4.98 Å². The lowest BCUT2D eigenvalue weighted by atomic mass is 10.2. The Kier molecular flexibility index (Phi) is 3.83. The number of rotatable bonds is 4. The first kappa shape index (κ1) is 13.6. The maximum absolute atomic E-state index is 6.10. The predicted molar refractivity (Wildman–Crippen MR) is 83.0 cm³/mol. The number of nitrogens with one attached hydrogen (secondary N) is 1. The Labute approximate surface area is 127 Å². The number of fused-ring (bicyclic) bond motifs is 1. The number of aromatic nitrogens is 3. The predicted octanol–water partition coefficient (Wildman–Crippen LogP) is 3.90. The minimum atomic E-state index is 0.318. The molecule has 3 aromatic rings. The van der Waals surface area contributed by atoms with Crippen molar-refractivity contribution in [3.63, 3.8) is 0 Å². The van der Waals surface area contributed by atoms with E-state index in [1.54, 1.807) is 6.20 Å². The number of nitrogens with zero attached hydrogens (tertiary/aromatic N) is 3. The van der Waals surface area contributed by atoms with Crippen LogP contribution in [0.1, 0.15) is 6.92 Å². The van der Waals surface area contributed by atoms with E-state index in [0.717, 1.165) is 17.4 Å². The van der Waals surface area contributed by atoms with Crippen molar-refractivity contribution in [2.24, 2.45) is 0 Å². The third-order valence-electron chi connectivity index (χ3n) is 2.86. The lowest BCUT2D eigenvalue weighted by Gasteiger charge is -2.10. The van der Waals surface area contributed by atoms with E-state index in [9.17, 15) is 0 Å². The van der Waals surface area contributed by atoms with Gasteiger partial charge in [-0.15, -0.1) is 0 Å². The van der Waals surface area contributed by atoms with Crippen LogP contribution in [0.5, 0.6) is 11.6 Å². The van der Waals surface area contributed by atoms with E-state index in [0.29, 0.717) is 22.6 Å². The second-order valence-electron chi connectivity index (χ2n) is 4.31. The van der Waals surface area contributed by atoms with E-state index in [1.807, 2.05) is 37.3 Å². The summed E-state index contributed by atoms with van der Waals surface area (Å²) >= 11 is 6.10. The lowest BCUT2D eigenvalue weighted by molar-refractivity contribution is 0.468. The normalized spacial score (nSPS) is 10.6. The average molecular weight is 301 g/mol. The van der Waals surface area contributed by atoms with Crippen molar-refractivity contribution in [2.75, 3.05) is 11.9 Å². The molecule has 0 saturated carbocycles. The summed E-state index contributed by atoms with van der Waals surface area (Å²) in [5.74, 6) is 1.46. The standard InChI is InChI=1S/C15H13ClN4O/c1-2-17-15-19-9-11(16)14(20-15)21-13-7-3-6-12-10(13)5-4-8-18-12/h3-9H,2H2,1H3,(H,17,19,20). The van der Waals surface area contributed by atoms with Gasteiger partial charge in [0.05, 0.1) is 11.7 Å². The first-order valence-electron chi connectivity index (χ1n) is 6.56. The lowest BCUT2D eigenvalue weighted by Crippen LogP contribution is -2.03. The van der Waals surface area contributed by atoms with Crippen LogP contribution < -0.4 is 10.1 Å². The third kappa shape index (κ3) is 2.87. The number of hydrogen-bond donors (Lipinski definition) is 1. The van der Waals surface area contributed by atoms with E-state index >= 15 is 0 Å². The van der Waals surface area contributed by atoms with Crippen molar-refractivity contribution in [1.82, 2.24) is 15.0 Å². The second-order valence-corrected chi connectivity index (χ2v) is 4.71. The zero-order valence-corrected chi connectivity index (χ0v) is 12.1. The SMILES string of the molecule is CCNc1ncc(Cl)c(Oc2cccc3ncccc23)n1. The van der Waals surface area contributed by atoms with E-state index < -0.39 is 0 Å². The molecule has 0 atom stereocenters. The molecule has 0 amide bonds. The van der Waals surface area contributed by atoms with Gasteiger partial charge in [-0.05, 0) is 31.2 Å². The van der Waals surface area contributed by atoms with Crippen LogP contribution in [-0.2, 0) is 0 Å². The molecular weight excluding hydrogens is 288 g/mol. The second kappa shape index (κ2) is 5.93. The van der Waals surface area contributed by atoms with E-state index in [1.165, 1.54) is 6.20 Å². The molecule has 3 rings (SSSR count). The topological polar surface area (TPSA) is 59.9 Å². The molecule has 5 nitrogen and oxygen atoms in total. The molecule has 0 aliphatic heterocycles. The van der Waals surface area contributed by atoms with Crippen molar-refractivity contribution >= 4 is 28.5 Å². The molecule has 0 bridgehead atoms. The highest BCUT2D eigenvalue weighted by Gasteiger charge is 2.10. The molecule has 0 fully saturated rings. The van der Waals surface area contributed by atoms with Gasteiger partial charge in [0, 0.05) is 18.1 Å². The zero-order valence-electron chi connectivity index (χ0n) is 11.4. The minimum Gasteiger partial charge on any atom is -0.437 e. The molecule has 0 spiro atoms. The Morgan fingerprint density at radius 3 is 2.95 bits per heavy atom. The van der Waals surface area contributed by atoms with Gasteiger partial charge in [0.25, 0.3) is 0 Å². The summed E-state index contributed by atoms with van der Waals surface area (Å²) in [7, 11) is 0. The van der Waals surface area contributed by atoms with Crippen molar-refractivity contribution in [3.8, 4) is 11.6 Å². The fraction of sp³-hybridized carbons (Fsp3) is 0.133. The zero-order chi connectivity index (χ0) is 14.7. The smallest absolute Gasteiger partial charge is 0.243 e. The van der Waals surface area contributed by atoms with Gasteiger partial charge in [0.2, 0.25) is 11.8 Å². The maximum atomic E-state index is 6.10. The molecule has 1 N–H and O–H groups in total. The van der Waals surface area contributed by atoms with Crippen LogP contribution in [0.15, 0.2) is 42.7 Å². The summed E-state index contributed by atoms with van der Waals surface area (Å²) in [6.07, 6.45) is 3.26. The molecule has 0 aliphatic rings. The number of benzene rings is 1. The van der Waals surface area contributed by atoms with Crippen LogP contribution in [0.3, 0.4) is 0 Å². The van der Waals surface area contributed by atoms with Crippen molar-refractivity contribution in [3.05, 3.63) is 47.7 Å². The van der Waals surface area contributed by atoms with Crippen LogP contribution in [0.4, 0.5) is 5.95 Å². The van der Waals surface area contributed by atoms with Gasteiger partial charge >= 0.3 is 0 Å². The van der Waals surface area contributed by atoms with Crippen molar-refractivity contribution in [1.29, 1.82) is 0 Å². The molecule has 1 aromatic carbocycles. The molecule has 6 heteroatoms. The minimum absolute atomic E-state index is 0.318. The summed E-state index contributed by atoms with van der Waals surface area (Å²) in [4.78, 5) is 12.6. The Morgan fingerprint density at radius 1 is 1.19 bits per heavy atom. The van der Waals surface area contributed by atoms with Gasteiger partial charge in [0.1, 0.15) is 10.8 Å². The molecule has 2 aromatic heterocycles. The van der Waals surface area contributed by atoms with Crippen LogP contribution in [0.25, 0.3) is 10.9 Å². The van der Waals surface area contributed by atoms with E-state index in [-0.39, 0.29) is 0 Å².